The normalized spacial score (nSPS) is 17.2. The Kier molecular flexibility index (Phi) is 6.94. The highest BCUT2D eigenvalue weighted by molar-refractivity contribution is 6.32. The monoisotopic (exact) mass is 502 g/mol. The number of fused-ring (bicyclic) bond motifs is 6. The first kappa shape index (κ1) is 25.3. The van der Waals surface area contributed by atoms with Crippen molar-refractivity contribution in [2.24, 2.45) is 11.7 Å². The minimum atomic E-state index is -0.493. The van der Waals surface area contributed by atoms with Crippen LogP contribution < -0.4 is 15.9 Å². The number of benzene rings is 3. The van der Waals surface area contributed by atoms with E-state index in [0.717, 1.165) is 68.4 Å². The molecule has 37 heavy (non-hydrogen) atoms. The molecule has 6 rings (SSSR count). The van der Waals surface area contributed by atoms with Gasteiger partial charge in [-0.2, -0.15) is 0 Å². The Morgan fingerprint density at radius 3 is 2.81 bits per heavy atom. The number of nitrogens with zero attached hydrogens (tertiary/aromatic N) is 2. The third-order valence-corrected chi connectivity index (χ3v) is 7.24. The number of nitrogens with two attached hydrogens (primary N) is 1. The van der Waals surface area contributed by atoms with E-state index in [2.05, 4.69) is 40.2 Å². The largest absolute Gasteiger partial charge is 0.488 e. The number of aromatic amines is 1. The van der Waals surface area contributed by atoms with Crippen LogP contribution in [0.1, 0.15) is 47.0 Å². The second-order valence-corrected chi connectivity index (χ2v) is 10.0. The summed E-state index contributed by atoms with van der Waals surface area (Å²) in [5.74, 6) is 1.77. The number of imidazole rings is 1. The molecule has 1 amide bonds. The van der Waals surface area contributed by atoms with Gasteiger partial charge in [0.05, 0.1) is 30.2 Å². The summed E-state index contributed by atoms with van der Waals surface area (Å²) in [5.41, 5.74) is 12.1. The van der Waals surface area contributed by atoms with Crippen LogP contribution in [0, 0.1) is 5.92 Å². The van der Waals surface area contributed by atoms with Gasteiger partial charge in [0.25, 0.3) is 0 Å². The SMILES string of the molecule is COO.[B]c1ccc2c(c1)COc1cc3c(ccc4[nH]c([C@@H]5CCCN5C(=O)[C@@H](N)C(C)C)nc43)cc1-2.[HH].[HH]. The number of carbonyl (C=O) groups excluding carboxylic acids is 1. The van der Waals surface area contributed by atoms with Crippen LogP contribution in [0.2, 0.25) is 0 Å². The molecule has 0 aliphatic carbocycles. The van der Waals surface area contributed by atoms with Crippen molar-refractivity contribution in [3.63, 3.8) is 0 Å². The van der Waals surface area contributed by atoms with Crippen molar-refractivity contribution in [2.75, 3.05) is 13.7 Å². The molecule has 2 aliphatic heterocycles. The van der Waals surface area contributed by atoms with Gasteiger partial charge in [0.2, 0.25) is 5.91 Å². The molecule has 1 fully saturated rings. The van der Waals surface area contributed by atoms with E-state index in [1.807, 2.05) is 30.9 Å². The Bertz CT molecular complexity index is 1480. The Hall–Kier alpha value is -3.40. The van der Waals surface area contributed by atoms with Gasteiger partial charge in [0, 0.05) is 20.3 Å². The van der Waals surface area contributed by atoms with Crippen molar-refractivity contribution in [1.29, 1.82) is 0 Å². The summed E-state index contributed by atoms with van der Waals surface area (Å²) in [7, 11) is 7.15. The average molecular weight is 502 g/mol. The molecule has 2 radical (unpaired) electrons. The molecule has 0 unspecified atom stereocenters. The third-order valence-electron chi connectivity index (χ3n) is 7.24. The number of ether oxygens (including phenoxy) is 1. The van der Waals surface area contributed by atoms with Gasteiger partial charge in [-0.15, -0.1) is 0 Å². The summed E-state index contributed by atoms with van der Waals surface area (Å²) in [5, 5.41) is 9.20. The van der Waals surface area contributed by atoms with Gasteiger partial charge in [-0.05, 0) is 53.5 Å². The van der Waals surface area contributed by atoms with Gasteiger partial charge in [0.15, 0.2) is 0 Å². The minimum Gasteiger partial charge on any atom is -0.488 e. The number of amides is 1. The highest BCUT2D eigenvalue weighted by atomic mass is 17.1. The number of likely N-dealkylation sites (tertiary alicyclic amines) is 1. The predicted octanol–water partition coefficient (Wildman–Crippen LogP) is 4.31. The molecule has 3 aromatic carbocycles. The summed E-state index contributed by atoms with van der Waals surface area (Å²) in [6, 6.07) is 13.8. The highest BCUT2D eigenvalue weighted by Gasteiger charge is 2.35. The van der Waals surface area contributed by atoms with Crippen LogP contribution in [-0.4, -0.2) is 53.6 Å². The van der Waals surface area contributed by atoms with Gasteiger partial charge in [-0.1, -0.05) is 43.6 Å². The van der Waals surface area contributed by atoms with Crippen LogP contribution in [-0.2, 0) is 16.3 Å². The number of aromatic nitrogens is 2. The lowest BCUT2D eigenvalue weighted by Gasteiger charge is -2.27. The first-order chi connectivity index (χ1) is 17.8. The van der Waals surface area contributed by atoms with Gasteiger partial charge in [-0.3, -0.25) is 10.1 Å². The van der Waals surface area contributed by atoms with Crippen molar-refractivity contribution in [1.82, 2.24) is 14.9 Å². The van der Waals surface area contributed by atoms with Crippen LogP contribution in [0.3, 0.4) is 0 Å². The van der Waals surface area contributed by atoms with Crippen LogP contribution in [0.5, 0.6) is 5.75 Å². The molecular formula is C28H35BN4O4. The van der Waals surface area contributed by atoms with Gasteiger partial charge in [0.1, 0.15) is 26.0 Å². The molecule has 1 aromatic heterocycles. The summed E-state index contributed by atoms with van der Waals surface area (Å²) in [6.45, 7) is 5.18. The molecule has 2 aliphatic rings. The highest BCUT2D eigenvalue weighted by Crippen LogP contribution is 2.41. The number of nitrogens with one attached hydrogen (secondary N) is 1. The zero-order chi connectivity index (χ0) is 26.3. The average Bonchev–Trinajstić information content (AvgIpc) is 3.54. The molecule has 4 N–H and O–H groups in total. The summed E-state index contributed by atoms with van der Waals surface area (Å²) >= 11 is 0. The molecule has 8 nitrogen and oxygen atoms in total. The van der Waals surface area contributed by atoms with E-state index in [4.69, 9.17) is 28.6 Å². The molecule has 1 saturated heterocycles. The molecule has 3 heterocycles. The van der Waals surface area contributed by atoms with Crippen molar-refractivity contribution in [3.8, 4) is 16.9 Å². The number of carbonyl (C=O) groups is 1. The number of H-pyrrole nitrogens is 1. The number of hydrogen-bond acceptors (Lipinski definition) is 6. The van der Waals surface area contributed by atoms with Gasteiger partial charge >= 0.3 is 0 Å². The fourth-order valence-corrected chi connectivity index (χ4v) is 5.27. The lowest BCUT2D eigenvalue weighted by molar-refractivity contribution is -0.214. The number of rotatable bonds is 3. The van der Waals surface area contributed by atoms with E-state index < -0.39 is 6.04 Å². The first-order valence-corrected chi connectivity index (χ1v) is 12.5. The maximum Gasteiger partial charge on any atom is 0.240 e. The Morgan fingerprint density at radius 1 is 1.27 bits per heavy atom. The maximum atomic E-state index is 13.0. The van der Waals surface area contributed by atoms with Crippen molar-refractivity contribution in [2.45, 2.75) is 45.4 Å². The zero-order valence-corrected chi connectivity index (χ0v) is 21.3. The zero-order valence-electron chi connectivity index (χ0n) is 21.3. The smallest absolute Gasteiger partial charge is 0.240 e. The Labute approximate surface area is 220 Å². The van der Waals surface area contributed by atoms with Gasteiger partial charge < -0.3 is 20.4 Å². The maximum absolute atomic E-state index is 13.0. The van der Waals surface area contributed by atoms with E-state index in [-0.39, 0.29) is 20.7 Å². The van der Waals surface area contributed by atoms with E-state index in [0.29, 0.717) is 13.2 Å². The quantitative estimate of drug-likeness (QED) is 0.219. The molecular weight excluding hydrogens is 467 g/mol. The summed E-state index contributed by atoms with van der Waals surface area (Å²) in [6.07, 6.45) is 1.83. The Balaban J connectivity index is 0.000000805. The molecule has 194 valence electrons. The minimum absolute atomic E-state index is 0. The van der Waals surface area contributed by atoms with E-state index >= 15 is 0 Å². The van der Waals surface area contributed by atoms with E-state index in [1.54, 1.807) is 0 Å². The summed E-state index contributed by atoms with van der Waals surface area (Å²) in [4.78, 5) is 26.7. The number of hydrogen-bond donors (Lipinski definition) is 3. The first-order valence-electron chi connectivity index (χ1n) is 12.5. The predicted molar refractivity (Wildman–Crippen MR) is 149 cm³/mol. The van der Waals surface area contributed by atoms with Crippen molar-refractivity contribution < 1.29 is 22.5 Å². The molecule has 0 saturated carbocycles. The Morgan fingerprint density at radius 2 is 2.05 bits per heavy atom. The fourth-order valence-electron chi connectivity index (χ4n) is 5.27. The lowest BCUT2D eigenvalue weighted by atomic mass is 9.88. The topological polar surface area (TPSA) is 114 Å². The van der Waals surface area contributed by atoms with Crippen LogP contribution in [0.4, 0.5) is 0 Å². The van der Waals surface area contributed by atoms with E-state index in [1.165, 1.54) is 7.11 Å². The van der Waals surface area contributed by atoms with Crippen LogP contribution in [0.25, 0.3) is 32.9 Å². The molecule has 4 aromatic rings. The second-order valence-electron chi connectivity index (χ2n) is 10.0. The molecule has 0 spiro atoms. The van der Waals surface area contributed by atoms with Crippen LogP contribution >= 0.6 is 0 Å². The van der Waals surface area contributed by atoms with Crippen molar-refractivity contribution >= 4 is 41.0 Å². The molecule has 2 atom stereocenters. The third kappa shape index (κ3) is 4.59. The standard InChI is InChI=1S/C27H27BN4O2.CH4O2.2H2/c1-14(2)24(29)27(33)32-9-3-4-22(32)26-30-21-8-5-15-11-20-18-7-6-17(28)10-16(18)13-34-23(20)12-19(15)25(21)31-26;1-3-2;;/h5-8,10-12,14,22,24H,3-4,9,13,29H2,1-2H3,(H,30,31);2H,1H3;2*1H/t22-,24-;;;/m0.../s1. The lowest BCUT2D eigenvalue weighted by Crippen LogP contribution is -2.46. The molecule has 9 heteroatoms. The fraction of sp³-hybridized carbons (Fsp3) is 0.357. The second kappa shape index (κ2) is 10.2. The van der Waals surface area contributed by atoms with Crippen LogP contribution in [0.15, 0.2) is 42.5 Å². The van der Waals surface area contributed by atoms with E-state index in [9.17, 15) is 4.79 Å². The molecule has 0 bridgehead atoms. The van der Waals surface area contributed by atoms with Crippen molar-refractivity contribution in [3.05, 3.63) is 53.9 Å². The summed E-state index contributed by atoms with van der Waals surface area (Å²) < 4.78 is 6.11. The van der Waals surface area contributed by atoms with Gasteiger partial charge in [-0.25, -0.2) is 9.87 Å².